The summed E-state index contributed by atoms with van der Waals surface area (Å²) in [6.45, 7) is 3.86. The van der Waals surface area contributed by atoms with E-state index in [0.29, 0.717) is 17.1 Å². The average Bonchev–Trinajstić information content (AvgIpc) is 3.13. The number of thioether (sulfide) groups is 1. The second kappa shape index (κ2) is 13.4. The first kappa shape index (κ1) is 29.1. The molecule has 0 aromatic heterocycles. The zero-order valence-electron chi connectivity index (χ0n) is 19.8. The molecule has 0 radical (unpaired) electrons. The Morgan fingerprint density at radius 1 is 1.16 bits per heavy atom. The molecule has 9 nitrogen and oxygen atoms in total. The van der Waals surface area contributed by atoms with E-state index in [9.17, 15) is 24.8 Å². The Bertz CT molecular complexity index is 1300. The lowest BCUT2D eigenvalue weighted by atomic mass is 10.1. The van der Waals surface area contributed by atoms with Crippen LogP contribution < -0.4 is 4.74 Å². The lowest BCUT2D eigenvalue weighted by molar-refractivity contribution is -0.384. The summed E-state index contributed by atoms with van der Waals surface area (Å²) >= 11 is 5.32. The number of nitro benzene ring substituents is 1. The number of aliphatic imine (C=N–C) groups is 1. The number of nitro groups is 1. The largest absolute Gasteiger partial charge is 0.506 e. The normalized spacial score (nSPS) is 15.4. The van der Waals surface area contributed by atoms with Crippen LogP contribution in [-0.2, 0) is 20.9 Å². The zero-order chi connectivity index (χ0) is 27.1. The molecule has 0 aliphatic carbocycles. The third-order valence-electron chi connectivity index (χ3n) is 4.91. The Morgan fingerprint density at radius 3 is 2.38 bits per heavy atom. The molecule has 0 atom stereocenters. The summed E-state index contributed by atoms with van der Waals surface area (Å²) < 4.78 is 12.6. The lowest BCUT2D eigenvalue weighted by Gasteiger charge is -2.12. The van der Waals surface area contributed by atoms with Gasteiger partial charge in [0, 0.05) is 18.6 Å². The van der Waals surface area contributed by atoms with Gasteiger partial charge in [0.15, 0.2) is 0 Å². The van der Waals surface area contributed by atoms with Gasteiger partial charge in [-0.25, -0.2) is 9.79 Å². The molecule has 1 aliphatic rings. The van der Waals surface area contributed by atoms with E-state index >= 15 is 0 Å². The smallest absolute Gasteiger partial charge is 0.344 e. The van der Waals surface area contributed by atoms with Crippen LogP contribution in [0, 0.1) is 17.3 Å². The van der Waals surface area contributed by atoms with Gasteiger partial charge in [0.2, 0.25) is 5.91 Å². The molecule has 1 N–H and O–H groups in total. The molecule has 37 heavy (non-hydrogen) atoms. The number of amides is 1. The van der Waals surface area contributed by atoms with Crippen LogP contribution in [0.4, 0.5) is 5.69 Å². The minimum Gasteiger partial charge on any atom is -0.506 e. The van der Waals surface area contributed by atoms with Crippen LogP contribution in [0.15, 0.2) is 57.6 Å². The van der Waals surface area contributed by atoms with E-state index in [-0.39, 0.29) is 47.6 Å². The molecule has 0 saturated carbocycles. The van der Waals surface area contributed by atoms with Crippen LogP contribution >= 0.6 is 56.9 Å². The number of esters is 1. The molecule has 3 rings (SSSR count). The molecular formula is C25H22I2N2O7S. The second-order valence-electron chi connectivity index (χ2n) is 7.64. The van der Waals surface area contributed by atoms with Gasteiger partial charge in [-0.2, -0.15) is 0 Å². The molecular weight excluding hydrogens is 726 g/mol. The van der Waals surface area contributed by atoms with Gasteiger partial charge in [0.05, 0.1) is 23.6 Å². The van der Waals surface area contributed by atoms with Crippen LogP contribution in [-0.4, -0.2) is 33.6 Å². The first-order valence-electron chi connectivity index (χ1n) is 11.1. The number of ether oxygens (including phenoxy) is 2. The summed E-state index contributed by atoms with van der Waals surface area (Å²) in [5, 5.41) is 21.8. The van der Waals surface area contributed by atoms with Gasteiger partial charge in [-0.15, -0.1) is 0 Å². The summed E-state index contributed by atoms with van der Waals surface area (Å²) in [6.07, 6.45) is 2.55. The van der Waals surface area contributed by atoms with Crippen molar-refractivity contribution in [3.8, 4) is 5.75 Å². The Kier molecular flexibility index (Phi) is 10.5. The molecule has 0 spiro atoms. The summed E-state index contributed by atoms with van der Waals surface area (Å²) in [4.78, 5) is 39.4. The van der Waals surface area contributed by atoms with Crippen molar-refractivity contribution >= 4 is 85.6 Å². The van der Waals surface area contributed by atoms with E-state index in [2.05, 4.69) is 50.2 Å². The molecule has 0 bridgehead atoms. The maximum absolute atomic E-state index is 12.5. The highest BCUT2D eigenvalue weighted by Crippen LogP contribution is 2.40. The van der Waals surface area contributed by atoms with Crippen molar-refractivity contribution in [1.29, 1.82) is 0 Å². The summed E-state index contributed by atoms with van der Waals surface area (Å²) in [5.41, 5.74) is 1.43. The van der Waals surface area contributed by atoms with Crippen LogP contribution in [0.3, 0.4) is 0 Å². The number of benzene rings is 2. The third kappa shape index (κ3) is 7.54. The molecule has 1 aliphatic heterocycles. The van der Waals surface area contributed by atoms with Gasteiger partial charge in [0.25, 0.3) is 5.69 Å². The van der Waals surface area contributed by atoms with Crippen molar-refractivity contribution in [3.05, 3.63) is 81.0 Å². The topological polar surface area (TPSA) is 128 Å². The maximum atomic E-state index is 12.5. The molecule has 0 fully saturated rings. The number of carbonyl (C=O) groups is 2. The Balaban J connectivity index is 1.86. The van der Waals surface area contributed by atoms with Gasteiger partial charge in [-0.05, 0) is 100.0 Å². The molecule has 0 unspecified atom stereocenters. The maximum Gasteiger partial charge on any atom is 0.344 e. The third-order valence-corrected chi connectivity index (χ3v) is 7.53. The highest BCUT2D eigenvalue weighted by molar-refractivity contribution is 14.1. The van der Waals surface area contributed by atoms with Crippen molar-refractivity contribution < 1.29 is 29.1 Å². The minimum atomic E-state index is -0.738. The lowest BCUT2D eigenvalue weighted by Crippen LogP contribution is -2.14. The molecule has 1 heterocycles. The number of rotatable bonds is 9. The summed E-state index contributed by atoms with van der Waals surface area (Å²) in [7, 11) is 0. The van der Waals surface area contributed by atoms with E-state index in [0.717, 1.165) is 30.0 Å². The standard InChI is InChI=1S/C25H22I2N2O7S/c1-3-5-20(30)28-24-21(25(32)35-4-2)22(31)19(37-24)12-15-10-17(26)23(18(27)11-15)36-13-14-6-8-16(9-7-14)29(33)34/h6-12,31H,3-5,13H2,1-2H3/b19-12-,28-24?. The van der Waals surface area contributed by atoms with Gasteiger partial charge in [-0.3, -0.25) is 14.9 Å². The Hall–Kier alpha value is -2.46. The van der Waals surface area contributed by atoms with Gasteiger partial charge < -0.3 is 14.6 Å². The number of aliphatic hydroxyl groups is 1. The van der Waals surface area contributed by atoms with Crippen LogP contribution in [0.25, 0.3) is 6.08 Å². The second-order valence-corrected chi connectivity index (χ2v) is 11.0. The molecule has 1 amide bonds. The summed E-state index contributed by atoms with van der Waals surface area (Å²) in [6, 6.07) is 9.87. The van der Waals surface area contributed by atoms with Gasteiger partial charge >= 0.3 is 5.97 Å². The number of non-ortho nitro benzene ring substituents is 1. The fourth-order valence-corrected chi connectivity index (χ4v) is 6.36. The number of halogens is 2. The quantitative estimate of drug-likeness (QED) is 0.132. The Labute approximate surface area is 244 Å². The van der Waals surface area contributed by atoms with Crippen molar-refractivity contribution in [2.24, 2.45) is 4.99 Å². The van der Waals surface area contributed by atoms with Gasteiger partial charge in [-0.1, -0.05) is 18.7 Å². The number of aliphatic hydroxyl groups excluding tert-OH is 1. The number of carbonyl (C=O) groups excluding carboxylic acids is 2. The van der Waals surface area contributed by atoms with Crippen molar-refractivity contribution in [2.45, 2.75) is 33.3 Å². The van der Waals surface area contributed by atoms with Crippen molar-refractivity contribution in [1.82, 2.24) is 0 Å². The highest BCUT2D eigenvalue weighted by Gasteiger charge is 2.33. The van der Waals surface area contributed by atoms with E-state index in [4.69, 9.17) is 9.47 Å². The molecule has 2 aromatic rings. The molecule has 12 heteroatoms. The van der Waals surface area contributed by atoms with Crippen LogP contribution in [0.5, 0.6) is 5.75 Å². The van der Waals surface area contributed by atoms with Crippen LogP contribution in [0.1, 0.15) is 37.8 Å². The molecule has 0 saturated heterocycles. The van der Waals surface area contributed by atoms with E-state index < -0.39 is 10.9 Å². The number of hydrogen-bond acceptors (Lipinski definition) is 8. The first-order chi connectivity index (χ1) is 17.6. The fourth-order valence-electron chi connectivity index (χ4n) is 3.20. The predicted molar refractivity (Wildman–Crippen MR) is 159 cm³/mol. The average molecular weight is 748 g/mol. The monoisotopic (exact) mass is 748 g/mol. The predicted octanol–water partition coefficient (Wildman–Crippen LogP) is 6.57. The first-order valence-corrected chi connectivity index (χ1v) is 14.1. The molecule has 194 valence electrons. The number of hydrogen-bond donors (Lipinski definition) is 1. The van der Waals surface area contributed by atoms with E-state index in [1.165, 1.54) is 12.1 Å². The SMILES string of the molecule is CCCC(=O)N=C1S/C(=C\c2cc(I)c(OCc3ccc([N+](=O)[O-])cc3)c(I)c2)C(O)=C1C(=O)OCC. The molecule has 2 aromatic carbocycles. The Morgan fingerprint density at radius 2 is 1.81 bits per heavy atom. The van der Waals surface area contributed by atoms with Gasteiger partial charge in [0.1, 0.15) is 28.7 Å². The summed E-state index contributed by atoms with van der Waals surface area (Å²) in [5.74, 6) is -0.743. The number of nitrogens with zero attached hydrogens (tertiary/aromatic N) is 2. The highest BCUT2D eigenvalue weighted by atomic mass is 127. The minimum absolute atomic E-state index is 0.0152. The fraction of sp³-hybridized carbons (Fsp3) is 0.240. The van der Waals surface area contributed by atoms with Crippen molar-refractivity contribution in [3.63, 3.8) is 0 Å². The zero-order valence-corrected chi connectivity index (χ0v) is 25.0. The van der Waals surface area contributed by atoms with E-state index in [1.807, 2.05) is 19.1 Å². The van der Waals surface area contributed by atoms with Crippen LogP contribution in [0.2, 0.25) is 0 Å². The van der Waals surface area contributed by atoms with Crippen molar-refractivity contribution in [2.75, 3.05) is 6.61 Å². The van der Waals surface area contributed by atoms with E-state index in [1.54, 1.807) is 25.1 Å².